The van der Waals surface area contributed by atoms with Crippen molar-refractivity contribution in [2.75, 3.05) is 6.54 Å². The molecular formula is C26H34N4O3S. The van der Waals surface area contributed by atoms with Gasteiger partial charge >= 0.3 is 0 Å². The van der Waals surface area contributed by atoms with Gasteiger partial charge in [0, 0.05) is 18.3 Å². The van der Waals surface area contributed by atoms with Crippen molar-refractivity contribution in [1.29, 1.82) is 0 Å². The van der Waals surface area contributed by atoms with Gasteiger partial charge in [0.15, 0.2) is 5.78 Å². The molecule has 1 saturated heterocycles. The predicted molar refractivity (Wildman–Crippen MR) is 135 cm³/mol. The minimum Gasteiger partial charge on any atom is -0.402 e. The highest BCUT2D eigenvalue weighted by Crippen LogP contribution is 2.29. The molecular weight excluding hydrogens is 448 g/mol. The van der Waals surface area contributed by atoms with E-state index >= 15 is 0 Å². The molecule has 0 saturated carbocycles. The maximum absolute atomic E-state index is 13.3. The van der Waals surface area contributed by atoms with Gasteiger partial charge in [-0.25, -0.2) is 4.98 Å². The number of hydrogen-bond acceptors (Lipinski definition) is 6. The maximum atomic E-state index is 13.3. The number of carbonyl (C=O) groups is 3. The molecule has 8 heteroatoms. The normalized spacial score (nSPS) is 18.1. The number of ketones is 1. The van der Waals surface area contributed by atoms with Crippen LogP contribution in [-0.4, -0.2) is 40.1 Å². The Kier molecular flexibility index (Phi) is 8.25. The van der Waals surface area contributed by atoms with Gasteiger partial charge in [-0.15, -0.1) is 11.3 Å². The third-order valence-corrected chi connectivity index (χ3v) is 7.20. The number of thiazole rings is 1. The van der Waals surface area contributed by atoms with Crippen LogP contribution >= 0.6 is 11.3 Å². The molecule has 182 valence electrons. The molecule has 0 radical (unpaired) electrons. The minimum absolute atomic E-state index is 0.193. The molecule has 0 bridgehead atoms. The van der Waals surface area contributed by atoms with Crippen LogP contribution in [0.2, 0.25) is 0 Å². The molecule has 1 aliphatic heterocycles. The van der Waals surface area contributed by atoms with Gasteiger partial charge in [0.1, 0.15) is 12.0 Å². The van der Waals surface area contributed by atoms with Crippen LogP contribution in [0.15, 0.2) is 41.5 Å². The lowest BCUT2D eigenvalue weighted by atomic mass is 9.89. The summed E-state index contributed by atoms with van der Waals surface area (Å²) in [5, 5.41) is 3.06. The Morgan fingerprint density at radius 3 is 2.44 bits per heavy atom. The van der Waals surface area contributed by atoms with Crippen molar-refractivity contribution in [2.24, 2.45) is 17.6 Å². The van der Waals surface area contributed by atoms with Crippen LogP contribution in [0.4, 0.5) is 0 Å². The van der Waals surface area contributed by atoms with Gasteiger partial charge in [0.05, 0.1) is 22.1 Å². The molecule has 3 unspecified atom stereocenters. The molecule has 7 nitrogen and oxygen atoms in total. The summed E-state index contributed by atoms with van der Waals surface area (Å²) < 4.78 is 0. The quantitative estimate of drug-likeness (QED) is 0.437. The zero-order chi connectivity index (χ0) is 25.0. The Labute approximate surface area is 205 Å². The van der Waals surface area contributed by atoms with E-state index in [1.807, 2.05) is 57.5 Å². The third kappa shape index (κ3) is 5.73. The van der Waals surface area contributed by atoms with Crippen LogP contribution in [0.1, 0.15) is 57.8 Å². The first-order valence-electron chi connectivity index (χ1n) is 11.7. The number of benzene rings is 1. The van der Waals surface area contributed by atoms with E-state index in [1.54, 1.807) is 23.2 Å². The molecule has 1 fully saturated rings. The van der Waals surface area contributed by atoms with E-state index in [1.165, 1.54) is 6.08 Å². The van der Waals surface area contributed by atoms with E-state index in [0.717, 1.165) is 28.1 Å². The largest absolute Gasteiger partial charge is 0.402 e. The molecule has 1 aromatic heterocycles. The fraction of sp³-hybridized carbons (Fsp3) is 0.462. The van der Waals surface area contributed by atoms with Gasteiger partial charge in [0.2, 0.25) is 11.8 Å². The highest BCUT2D eigenvalue weighted by Gasteiger charge is 2.40. The highest BCUT2D eigenvalue weighted by atomic mass is 32.1. The topological polar surface area (TPSA) is 105 Å². The van der Waals surface area contributed by atoms with Crippen LogP contribution in [0.25, 0.3) is 10.4 Å². The number of allylic oxidation sites excluding steroid dienone is 2. The van der Waals surface area contributed by atoms with Crippen LogP contribution in [0, 0.1) is 18.8 Å². The number of amides is 2. The Morgan fingerprint density at radius 2 is 1.88 bits per heavy atom. The lowest BCUT2D eigenvalue weighted by Gasteiger charge is -2.29. The van der Waals surface area contributed by atoms with Crippen LogP contribution in [-0.2, 0) is 14.4 Å². The second-order valence-electron chi connectivity index (χ2n) is 9.32. The van der Waals surface area contributed by atoms with Crippen molar-refractivity contribution in [1.82, 2.24) is 15.2 Å². The van der Waals surface area contributed by atoms with Gasteiger partial charge in [0.25, 0.3) is 0 Å². The number of likely N-dealkylation sites (tertiary alicyclic amines) is 1. The fourth-order valence-electron chi connectivity index (χ4n) is 4.43. The van der Waals surface area contributed by atoms with E-state index in [2.05, 4.69) is 10.3 Å². The summed E-state index contributed by atoms with van der Waals surface area (Å²) in [4.78, 5) is 46.1. The Balaban J connectivity index is 1.70. The monoisotopic (exact) mass is 482 g/mol. The SMILES string of the molecule is CC(N)=CC(=O)C(C(=O)N1CCCC1C(=O)NC(C)c1ccc(-c2scnc2C)cc1)C(C)C. The molecule has 2 aromatic rings. The van der Waals surface area contributed by atoms with Crippen molar-refractivity contribution < 1.29 is 14.4 Å². The molecule has 1 aliphatic rings. The minimum atomic E-state index is -0.841. The molecule has 2 amide bonds. The van der Waals surface area contributed by atoms with E-state index < -0.39 is 12.0 Å². The van der Waals surface area contributed by atoms with Crippen molar-refractivity contribution >= 4 is 28.9 Å². The summed E-state index contributed by atoms with van der Waals surface area (Å²) in [6.07, 6.45) is 2.62. The lowest BCUT2D eigenvalue weighted by molar-refractivity contribution is -0.146. The Bertz CT molecular complexity index is 1070. The molecule has 3 N–H and O–H groups in total. The fourth-order valence-corrected chi connectivity index (χ4v) is 5.24. The first kappa shape index (κ1) is 25.6. The molecule has 0 spiro atoms. The Hall–Kier alpha value is -3.00. The second kappa shape index (κ2) is 11.0. The summed E-state index contributed by atoms with van der Waals surface area (Å²) in [7, 11) is 0. The van der Waals surface area contributed by atoms with E-state index in [0.29, 0.717) is 18.7 Å². The summed E-state index contributed by atoms with van der Waals surface area (Å²) in [5.74, 6) is -1.84. The van der Waals surface area contributed by atoms with Gasteiger partial charge in [-0.3, -0.25) is 14.4 Å². The van der Waals surface area contributed by atoms with E-state index in [9.17, 15) is 14.4 Å². The first-order valence-corrected chi connectivity index (χ1v) is 12.6. The molecule has 0 aliphatic carbocycles. The van der Waals surface area contributed by atoms with Crippen molar-refractivity contribution in [3.8, 4) is 10.4 Å². The van der Waals surface area contributed by atoms with Crippen molar-refractivity contribution in [3.63, 3.8) is 0 Å². The number of nitrogens with two attached hydrogens (primary N) is 1. The van der Waals surface area contributed by atoms with Gasteiger partial charge in [-0.1, -0.05) is 38.1 Å². The molecule has 3 atom stereocenters. The number of carbonyl (C=O) groups excluding carboxylic acids is 3. The molecule has 1 aromatic carbocycles. The standard InChI is InChI=1S/C26H34N4O3S/c1-15(2)23(22(31)13-16(3)27)26(33)30-12-6-7-21(30)25(32)29-17(4)19-8-10-20(11-9-19)24-18(5)28-14-34-24/h8-11,13-15,17,21,23H,6-7,12,27H2,1-5H3,(H,29,32). The van der Waals surface area contributed by atoms with E-state index in [4.69, 9.17) is 5.73 Å². The van der Waals surface area contributed by atoms with Crippen molar-refractivity contribution in [3.05, 3.63) is 52.8 Å². The third-order valence-electron chi connectivity index (χ3n) is 6.22. The zero-order valence-corrected chi connectivity index (χ0v) is 21.3. The molecule has 34 heavy (non-hydrogen) atoms. The highest BCUT2D eigenvalue weighted by molar-refractivity contribution is 7.13. The van der Waals surface area contributed by atoms with Crippen LogP contribution in [0.5, 0.6) is 0 Å². The number of aryl methyl sites for hydroxylation is 1. The predicted octanol–water partition coefficient (Wildman–Crippen LogP) is 3.99. The number of aromatic nitrogens is 1. The average Bonchev–Trinajstić information content (AvgIpc) is 3.42. The van der Waals surface area contributed by atoms with Gasteiger partial charge in [-0.2, -0.15) is 0 Å². The number of hydrogen-bond donors (Lipinski definition) is 2. The average molecular weight is 483 g/mol. The number of nitrogens with zero attached hydrogens (tertiary/aromatic N) is 2. The molecule has 2 heterocycles. The molecule has 3 rings (SSSR count). The zero-order valence-electron chi connectivity index (χ0n) is 20.5. The number of rotatable bonds is 8. The summed E-state index contributed by atoms with van der Waals surface area (Å²) in [5.41, 5.74) is 10.9. The Morgan fingerprint density at radius 1 is 1.21 bits per heavy atom. The van der Waals surface area contributed by atoms with E-state index in [-0.39, 0.29) is 29.6 Å². The summed E-state index contributed by atoms with van der Waals surface area (Å²) >= 11 is 1.60. The summed E-state index contributed by atoms with van der Waals surface area (Å²) in [6.45, 7) is 9.69. The first-order chi connectivity index (χ1) is 16.1. The van der Waals surface area contributed by atoms with Gasteiger partial charge < -0.3 is 16.0 Å². The maximum Gasteiger partial charge on any atom is 0.243 e. The van der Waals surface area contributed by atoms with Crippen LogP contribution in [0.3, 0.4) is 0 Å². The smallest absolute Gasteiger partial charge is 0.243 e. The van der Waals surface area contributed by atoms with Gasteiger partial charge in [-0.05, 0) is 50.7 Å². The summed E-state index contributed by atoms with van der Waals surface area (Å²) in [6, 6.07) is 7.29. The van der Waals surface area contributed by atoms with Crippen molar-refractivity contribution in [2.45, 2.75) is 59.5 Å². The van der Waals surface area contributed by atoms with Crippen LogP contribution < -0.4 is 11.1 Å². The number of nitrogens with one attached hydrogen (secondary N) is 1. The lowest BCUT2D eigenvalue weighted by Crippen LogP contribution is -2.50. The second-order valence-corrected chi connectivity index (χ2v) is 10.2.